The molecule has 1 saturated carbocycles. The van der Waals surface area contributed by atoms with Crippen LogP contribution in [0.2, 0.25) is 0 Å². The van der Waals surface area contributed by atoms with Crippen molar-refractivity contribution in [2.45, 2.75) is 49.8 Å². The lowest BCUT2D eigenvalue weighted by atomic mass is 9.96. The molecule has 1 heterocycles. The third-order valence-electron chi connectivity index (χ3n) is 3.41. The largest absolute Gasteiger partial charge is 0.350 e. The van der Waals surface area contributed by atoms with Crippen LogP contribution >= 0.6 is 11.8 Å². The molecule has 1 saturated heterocycles. The van der Waals surface area contributed by atoms with Crippen LogP contribution in [0.25, 0.3) is 0 Å². The molecule has 2 nitrogen and oxygen atoms in total. The predicted molar refractivity (Wildman–Crippen MR) is 64.0 cm³/mol. The molecule has 0 amide bonds. The summed E-state index contributed by atoms with van der Waals surface area (Å²) in [7, 11) is 4.12. The summed E-state index contributed by atoms with van der Waals surface area (Å²) in [5.74, 6) is 0. The average Bonchev–Trinajstić information content (AvgIpc) is 2.42. The molecule has 0 aromatic heterocycles. The van der Waals surface area contributed by atoms with Gasteiger partial charge >= 0.3 is 0 Å². The molecule has 14 heavy (non-hydrogen) atoms. The molecule has 1 aliphatic carbocycles. The summed E-state index contributed by atoms with van der Waals surface area (Å²) >= 11 is 2.00. The van der Waals surface area contributed by atoms with Gasteiger partial charge in [0.15, 0.2) is 5.17 Å². The van der Waals surface area contributed by atoms with Crippen LogP contribution in [0.3, 0.4) is 0 Å². The van der Waals surface area contributed by atoms with Crippen molar-refractivity contribution >= 4 is 16.9 Å². The van der Waals surface area contributed by atoms with E-state index in [-0.39, 0.29) is 0 Å². The van der Waals surface area contributed by atoms with Crippen molar-refractivity contribution in [3.63, 3.8) is 0 Å². The molecule has 0 N–H and O–H groups in total. The molecule has 2 fully saturated rings. The first kappa shape index (κ1) is 10.3. The van der Waals surface area contributed by atoms with Crippen LogP contribution in [-0.2, 0) is 0 Å². The number of nitrogens with zero attached hydrogens (tertiary/aromatic N) is 2. The Kier molecular flexibility index (Phi) is 3.37. The quantitative estimate of drug-likeness (QED) is 0.613. The van der Waals surface area contributed by atoms with Crippen LogP contribution in [0, 0.1) is 0 Å². The number of hydrogen-bond donors (Lipinski definition) is 0. The minimum absolute atomic E-state index is 0.763. The van der Waals surface area contributed by atoms with Gasteiger partial charge in [0.1, 0.15) is 0 Å². The summed E-state index contributed by atoms with van der Waals surface area (Å²) in [6, 6.07) is 0.763. The van der Waals surface area contributed by atoms with Crippen molar-refractivity contribution in [3.8, 4) is 0 Å². The first-order valence-electron chi connectivity index (χ1n) is 5.69. The second-order valence-corrected chi connectivity index (χ2v) is 5.54. The fourth-order valence-electron chi connectivity index (χ4n) is 2.58. The SMILES string of the molecule is C/N=C1\SC2CCCCCCC2N1C. The van der Waals surface area contributed by atoms with Gasteiger partial charge in [0.05, 0.1) is 0 Å². The summed E-state index contributed by atoms with van der Waals surface area (Å²) in [6.07, 6.45) is 8.44. The van der Waals surface area contributed by atoms with Gasteiger partial charge in [-0.1, -0.05) is 37.4 Å². The highest BCUT2D eigenvalue weighted by molar-refractivity contribution is 8.14. The number of aliphatic imine (C=N–C) groups is 1. The highest BCUT2D eigenvalue weighted by Gasteiger charge is 2.36. The third-order valence-corrected chi connectivity index (χ3v) is 4.95. The Morgan fingerprint density at radius 1 is 1.21 bits per heavy atom. The number of amidine groups is 1. The average molecular weight is 212 g/mol. The minimum Gasteiger partial charge on any atom is -0.350 e. The topological polar surface area (TPSA) is 15.6 Å². The van der Waals surface area contributed by atoms with E-state index in [9.17, 15) is 0 Å². The fraction of sp³-hybridized carbons (Fsp3) is 0.909. The van der Waals surface area contributed by atoms with Gasteiger partial charge in [0.25, 0.3) is 0 Å². The van der Waals surface area contributed by atoms with Crippen molar-refractivity contribution in [3.05, 3.63) is 0 Å². The molecule has 0 aromatic carbocycles. The summed E-state index contributed by atoms with van der Waals surface area (Å²) in [5.41, 5.74) is 0. The van der Waals surface area contributed by atoms with Crippen LogP contribution in [0.5, 0.6) is 0 Å². The van der Waals surface area contributed by atoms with Gasteiger partial charge in [0.2, 0.25) is 0 Å². The van der Waals surface area contributed by atoms with Gasteiger partial charge in [-0.3, -0.25) is 4.99 Å². The van der Waals surface area contributed by atoms with Crippen molar-refractivity contribution < 1.29 is 0 Å². The van der Waals surface area contributed by atoms with E-state index in [1.54, 1.807) is 0 Å². The fourth-order valence-corrected chi connectivity index (χ4v) is 4.02. The maximum atomic E-state index is 4.36. The zero-order valence-electron chi connectivity index (χ0n) is 9.20. The monoisotopic (exact) mass is 212 g/mol. The van der Waals surface area contributed by atoms with E-state index >= 15 is 0 Å². The van der Waals surface area contributed by atoms with Gasteiger partial charge < -0.3 is 4.90 Å². The highest BCUT2D eigenvalue weighted by atomic mass is 32.2. The molecule has 0 radical (unpaired) electrons. The molecule has 2 aliphatic rings. The van der Waals surface area contributed by atoms with E-state index in [0.29, 0.717) is 0 Å². The summed E-state index contributed by atoms with van der Waals surface area (Å²) in [6.45, 7) is 0. The van der Waals surface area contributed by atoms with E-state index < -0.39 is 0 Å². The maximum absolute atomic E-state index is 4.36. The molecule has 1 aliphatic heterocycles. The molecule has 2 rings (SSSR count). The van der Waals surface area contributed by atoms with Crippen LogP contribution in [-0.4, -0.2) is 35.5 Å². The Balaban J connectivity index is 2.07. The van der Waals surface area contributed by atoms with Crippen molar-refractivity contribution in [1.82, 2.24) is 4.90 Å². The first-order chi connectivity index (χ1) is 6.83. The normalized spacial score (nSPS) is 36.7. The molecule has 2 unspecified atom stereocenters. The number of hydrogen-bond acceptors (Lipinski definition) is 2. The van der Waals surface area contributed by atoms with Gasteiger partial charge in [-0.2, -0.15) is 0 Å². The first-order valence-corrected chi connectivity index (χ1v) is 6.57. The van der Waals surface area contributed by atoms with Gasteiger partial charge in [-0.05, 0) is 12.8 Å². The highest BCUT2D eigenvalue weighted by Crippen LogP contribution is 2.37. The van der Waals surface area contributed by atoms with Crippen molar-refractivity contribution in [2.75, 3.05) is 14.1 Å². The van der Waals surface area contributed by atoms with Crippen molar-refractivity contribution in [1.29, 1.82) is 0 Å². The lowest BCUT2D eigenvalue weighted by Gasteiger charge is -2.26. The van der Waals surface area contributed by atoms with E-state index in [1.807, 2.05) is 18.8 Å². The molecule has 2 atom stereocenters. The number of fused-ring (bicyclic) bond motifs is 1. The predicted octanol–water partition coefficient (Wildman–Crippen LogP) is 2.74. The molecule has 80 valence electrons. The molecular formula is C11H20N2S. The van der Waals surface area contributed by atoms with Crippen molar-refractivity contribution in [2.24, 2.45) is 4.99 Å². The zero-order valence-corrected chi connectivity index (χ0v) is 10.0. The number of rotatable bonds is 0. The van der Waals surface area contributed by atoms with E-state index in [1.165, 1.54) is 43.7 Å². The lowest BCUT2D eigenvalue weighted by Crippen LogP contribution is -2.34. The Hall–Kier alpha value is -0.180. The lowest BCUT2D eigenvalue weighted by molar-refractivity contribution is 0.318. The van der Waals surface area contributed by atoms with Crippen LogP contribution in [0.1, 0.15) is 38.5 Å². The second kappa shape index (κ2) is 4.56. The molecular weight excluding hydrogens is 192 g/mol. The van der Waals surface area contributed by atoms with Crippen LogP contribution < -0.4 is 0 Å². The molecule has 3 heteroatoms. The maximum Gasteiger partial charge on any atom is 0.159 e. The van der Waals surface area contributed by atoms with Crippen LogP contribution in [0.15, 0.2) is 4.99 Å². The third kappa shape index (κ3) is 1.92. The Morgan fingerprint density at radius 3 is 2.64 bits per heavy atom. The van der Waals surface area contributed by atoms with Gasteiger partial charge in [-0.25, -0.2) is 0 Å². The zero-order chi connectivity index (χ0) is 9.97. The van der Waals surface area contributed by atoms with Crippen LogP contribution in [0.4, 0.5) is 0 Å². The van der Waals surface area contributed by atoms with E-state index in [4.69, 9.17) is 0 Å². The van der Waals surface area contributed by atoms with E-state index in [2.05, 4.69) is 16.9 Å². The molecule has 0 bridgehead atoms. The smallest absolute Gasteiger partial charge is 0.159 e. The molecule has 0 aromatic rings. The van der Waals surface area contributed by atoms with Gasteiger partial charge in [0, 0.05) is 25.4 Å². The summed E-state index contributed by atoms with van der Waals surface area (Å²) < 4.78 is 0. The Labute approximate surface area is 91.2 Å². The van der Waals surface area contributed by atoms with Gasteiger partial charge in [-0.15, -0.1) is 0 Å². The minimum atomic E-state index is 0.763. The second-order valence-electron chi connectivity index (χ2n) is 4.33. The Morgan fingerprint density at radius 2 is 1.93 bits per heavy atom. The summed E-state index contributed by atoms with van der Waals surface area (Å²) in [5, 5.41) is 2.07. The van der Waals surface area contributed by atoms with E-state index in [0.717, 1.165) is 11.3 Å². The summed E-state index contributed by atoms with van der Waals surface area (Å²) in [4.78, 5) is 6.76. The molecule has 0 spiro atoms. The number of thioether (sulfide) groups is 1. The standard InChI is InChI=1S/C11H20N2S/c1-12-11-13(2)9-7-5-3-4-6-8-10(9)14-11/h9-10H,3-8H2,1-2H3/b12-11-. The Bertz CT molecular complexity index is 227.